The third-order valence-corrected chi connectivity index (χ3v) is 3.20. The van der Waals surface area contributed by atoms with Crippen molar-refractivity contribution in [2.24, 2.45) is 10.8 Å². The lowest BCUT2D eigenvalue weighted by Gasteiger charge is -2.10. The smallest absolute Gasteiger partial charge is 0.116 e. The van der Waals surface area contributed by atoms with Crippen molar-refractivity contribution < 1.29 is 0 Å². The Morgan fingerprint density at radius 3 is 1.20 bits per heavy atom. The van der Waals surface area contributed by atoms with Gasteiger partial charge in [0.05, 0.1) is 0 Å². The molecular formula is C12H18Cl2Si. The first kappa shape index (κ1) is 14.9. The third kappa shape index (κ3) is 10.2. The zero-order valence-corrected chi connectivity index (χ0v) is 12.8. The average Bonchev–Trinajstić information content (AvgIpc) is 1.96. The minimum atomic E-state index is -2.70. The minimum absolute atomic E-state index is 0.0779. The highest BCUT2D eigenvalue weighted by molar-refractivity contribution is 7.52. The van der Waals surface area contributed by atoms with E-state index in [1.807, 2.05) is 41.5 Å². The van der Waals surface area contributed by atoms with Crippen LogP contribution in [0.1, 0.15) is 41.5 Å². The van der Waals surface area contributed by atoms with Crippen molar-refractivity contribution in [3.05, 3.63) is 0 Å². The molecule has 0 N–H and O–H groups in total. The van der Waals surface area contributed by atoms with Crippen LogP contribution >= 0.6 is 22.2 Å². The summed E-state index contributed by atoms with van der Waals surface area (Å²) in [5.41, 5.74) is 5.68. The van der Waals surface area contributed by atoms with Gasteiger partial charge in [0.1, 0.15) is 0 Å². The summed E-state index contributed by atoms with van der Waals surface area (Å²) < 4.78 is 0. The lowest BCUT2D eigenvalue weighted by Crippen LogP contribution is -2.17. The van der Waals surface area contributed by atoms with Gasteiger partial charge in [0.2, 0.25) is 0 Å². The van der Waals surface area contributed by atoms with E-state index in [2.05, 4.69) is 22.9 Å². The summed E-state index contributed by atoms with van der Waals surface area (Å²) in [7, 11) is 0. The average molecular weight is 261 g/mol. The SMILES string of the molecule is CC(C)(C)C#C[Si](Cl)(Cl)C#CC(C)(C)C. The maximum Gasteiger partial charge on any atom is 0.404 e. The van der Waals surface area contributed by atoms with E-state index in [4.69, 9.17) is 22.2 Å². The van der Waals surface area contributed by atoms with Gasteiger partial charge >= 0.3 is 6.69 Å². The summed E-state index contributed by atoms with van der Waals surface area (Å²) in [6.07, 6.45) is 0. The Bertz CT molecular complexity index is 300. The molecule has 0 aliphatic rings. The van der Waals surface area contributed by atoms with Crippen molar-refractivity contribution in [3.8, 4) is 22.9 Å². The lowest BCUT2D eigenvalue weighted by atomic mass is 9.99. The normalized spacial score (nSPS) is 12.3. The van der Waals surface area contributed by atoms with Gasteiger partial charge in [-0.05, 0) is 41.5 Å². The second-order valence-electron chi connectivity index (χ2n) is 5.57. The van der Waals surface area contributed by atoms with Crippen LogP contribution in [0.4, 0.5) is 0 Å². The summed E-state index contributed by atoms with van der Waals surface area (Å²) in [6.45, 7) is 9.44. The molecule has 0 aromatic heterocycles. The first-order valence-corrected chi connectivity index (χ1v) is 8.90. The molecule has 84 valence electrons. The van der Waals surface area contributed by atoms with Crippen LogP contribution in [0, 0.1) is 33.8 Å². The maximum absolute atomic E-state index is 6.11. The van der Waals surface area contributed by atoms with Gasteiger partial charge < -0.3 is 0 Å². The van der Waals surface area contributed by atoms with E-state index in [-0.39, 0.29) is 10.8 Å². The van der Waals surface area contributed by atoms with E-state index in [9.17, 15) is 0 Å². The fourth-order valence-electron chi connectivity index (χ4n) is 0.563. The number of hydrogen-bond acceptors (Lipinski definition) is 0. The molecule has 0 aliphatic carbocycles. The van der Waals surface area contributed by atoms with Crippen molar-refractivity contribution in [1.29, 1.82) is 0 Å². The van der Waals surface area contributed by atoms with Crippen LogP contribution in [0.25, 0.3) is 0 Å². The molecule has 0 saturated heterocycles. The second kappa shape index (κ2) is 4.83. The van der Waals surface area contributed by atoms with E-state index >= 15 is 0 Å². The second-order valence-corrected chi connectivity index (χ2v) is 11.2. The van der Waals surface area contributed by atoms with Gasteiger partial charge in [-0.15, -0.1) is 34.0 Å². The number of halogens is 2. The molecule has 0 aromatic carbocycles. The lowest BCUT2D eigenvalue weighted by molar-refractivity contribution is 0.571. The summed E-state index contributed by atoms with van der Waals surface area (Å²) in [5, 5.41) is 0. The van der Waals surface area contributed by atoms with Gasteiger partial charge in [-0.2, -0.15) is 0 Å². The maximum atomic E-state index is 6.11. The van der Waals surface area contributed by atoms with Crippen LogP contribution in [0.15, 0.2) is 0 Å². The molecule has 0 heterocycles. The highest BCUT2D eigenvalue weighted by Gasteiger charge is 2.24. The Balaban J connectivity index is 4.82. The van der Waals surface area contributed by atoms with Crippen LogP contribution in [0.3, 0.4) is 0 Å². The zero-order valence-electron chi connectivity index (χ0n) is 10.3. The Hall–Kier alpha value is -0.0831. The topological polar surface area (TPSA) is 0 Å². The molecule has 0 aliphatic heterocycles. The van der Waals surface area contributed by atoms with Crippen molar-refractivity contribution >= 4 is 28.9 Å². The van der Waals surface area contributed by atoms with Crippen molar-refractivity contribution in [3.63, 3.8) is 0 Å². The summed E-state index contributed by atoms with van der Waals surface area (Å²) in [6, 6.07) is 0. The first-order chi connectivity index (χ1) is 6.41. The molecule has 15 heavy (non-hydrogen) atoms. The molecule has 0 unspecified atom stereocenters. The molecule has 0 saturated carbocycles. The van der Waals surface area contributed by atoms with E-state index < -0.39 is 6.69 Å². The van der Waals surface area contributed by atoms with Gasteiger partial charge in [-0.3, -0.25) is 0 Å². The van der Waals surface area contributed by atoms with Crippen LogP contribution in [-0.2, 0) is 0 Å². The quantitative estimate of drug-likeness (QED) is 0.350. The Labute approximate surface area is 104 Å². The molecule has 0 atom stereocenters. The predicted molar refractivity (Wildman–Crippen MR) is 71.9 cm³/mol. The van der Waals surface area contributed by atoms with E-state index in [0.717, 1.165) is 0 Å². The predicted octanol–water partition coefficient (Wildman–Crippen LogP) is 4.08. The number of rotatable bonds is 0. The summed E-state index contributed by atoms with van der Waals surface area (Å²) >= 11 is 12.2. The molecule has 3 heteroatoms. The molecule has 0 radical (unpaired) electrons. The Morgan fingerprint density at radius 2 is 1.00 bits per heavy atom. The number of hydrogen-bond donors (Lipinski definition) is 0. The third-order valence-electron chi connectivity index (χ3n) is 1.19. The Kier molecular flexibility index (Phi) is 4.81. The van der Waals surface area contributed by atoms with Gasteiger partial charge in [-0.25, -0.2) is 0 Å². The van der Waals surface area contributed by atoms with Crippen molar-refractivity contribution in [1.82, 2.24) is 0 Å². The molecule has 0 fully saturated rings. The minimum Gasteiger partial charge on any atom is -0.116 e. The van der Waals surface area contributed by atoms with Crippen molar-refractivity contribution in [2.75, 3.05) is 0 Å². The zero-order chi connectivity index (χ0) is 12.3. The molecular weight excluding hydrogens is 243 g/mol. The van der Waals surface area contributed by atoms with Gasteiger partial charge in [0, 0.05) is 10.8 Å². The van der Waals surface area contributed by atoms with E-state index in [1.54, 1.807) is 0 Å². The van der Waals surface area contributed by atoms with Crippen molar-refractivity contribution in [2.45, 2.75) is 41.5 Å². The van der Waals surface area contributed by atoms with Crippen LogP contribution in [0.5, 0.6) is 0 Å². The van der Waals surface area contributed by atoms with Crippen LogP contribution in [-0.4, -0.2) is 6.69 Å². The van der Waals surface area contributed by atoms with E-state index in [1.165, 1.54) is 0 Å². The van der Waals surface area contributed by atoms with E-state index in [0.29, 0.717) is 0 Å². The molecule has 0 nitrogen and oxygen atoms in total. The Morgan fingerprint density at radius 1 is 0.733 bits per heavy atom. The monoisotopic (exact) mass is 260 g/mol. The van der Waals surface area contributed by atoms with Gasteiger partial charge in [0.15, 0.2) is 0 Å². The molecule has 0 rings (SSSR count). The molecule has 0 bridgehead atoms. The molecule has 0 spiro atoms. The first-order valence-electron chi connectivity index (χ1n) is 4.88. The van der Waals surface area contributed by atoms with Gasteiger partial charge in [0.25, 0.3) is 0 Å². The highest BCUT2D eigenvalue weighted by Crippen LogP contribution is 2.17. The standard InChI is InChI=1S/C12H18Cl2Si/c1-11(2,3)7-9-15(13,14)10-8-12(4,5)6/h1-6H3. The molecule has 0 aromatic rings. The van der Waals surface area contributed by atoms with Crippen LogP contribution < -0.4 is 0 Å². The summed E-state index contributed by atoms with van der Waals surface area (Å²) in [4.78, 5) is 0. The van der Waals surface area contributed by atoms with Crippen LogP contribution in [0.2, 0.25) is 0 Å². The molecule has 0 amide bonds. The van der Waals surface area contributed by atoms with Gasteiger partial charge in [-0.1, -0.05) is 11.1 Å². The fraction of sp³-hybridized carbons (Fsp3) is 0.667. The summed E-state index contributed by atoms with van der Waals surface area (Å²) in [5.74, 6) is 6.09. The fourth-order valence-corrected chi connectivity index (χ4v) is 2.26. The highest BCUT2D eigenvalue weighted by atomic mass is 35.7. The largest absolute Gasteiger partial charge is 0.404 e.